The molecule has 1 amide bonds. The maximum atomic E-state index is 13.8. The lowest BCUT2D eigenvalue weighted by Crippen LogP contribution is -2.46. The first-order valence-electron chi connectivity index (χ1n) is 13.9. The van der Waals surface area contributed by atoms with Crippen molar-refractivity contribution in [1.82, 2.24) is 4.90 Å². The molecule has 2 aliphatic rings. The van der Waals surface area contributed by atoms with Crippen molar-refractivity contribution < 1.29 is 33.3 Å². The molecule has 0 radical (unpaired) electrons. The van der Waals surface area contributed by atoms with E-state index in [1.807, 2.05) is 57.7 Å². The lowest BCUT2D eigenvalue weighted by molar-refractivity contribution is -0.147. The third-order valence-electron chi connectivity index (χ3n) is 7.61. The monoisotopic (exact) mass is 533 g/mol. The summed E-state index contributed by atoms with van der Waals surface area (Å²) >= 11 is 0. The van der Waals surface area contributed by atoms with E-state index in [2.05, 4.69) is 13.8 Å². The zero-order chi connectivity index (χ0) is 28.2. The molecule has 2 saturated heterocycles. The smallest absolute Gasteiger partial charge is 0.411 e. The molecule has 1 aromatic carbocycles. The van der Waals surface area contributed by atoms with Crippen molar-refractivity contribution >= 4 is 12.1 Å². The maximum Gasteiger partial charge on any atom is 0.411 e. The zero-order valence-corrected chi connectivity index (χ0v) is 24.6. The Labute approximate surface area is 228 Å². The van der Waals surface area contributed by atoms with Crippen LogP contribution in [0.1, 0.15) is 79.3 Å². The molecule has 8 heteroatoms. The van der Waals surface area contributed by atoms with E-state index in [-0.39, 0.29) is 47.8 Å². The van der Waals surface area contributed by atoms with E-state index < -0.39 is 11.7 Å². The summed E-state index contributed by atoms with van der Waals surface area (Å²) in [6.45, 7) is 15.1. The highest BCUT2D eigenvalue weighted by Crippen LogP contribution is 2.49. The topological polar surface area (TPSA) is 83.5 Å². The van der Waals surface area contributed by atoms with Crippen molar-refractivity contribution in [2.75, 3.05) is 27.4 Å². The normalized spacial score (nSPS) is 25.7. The molecule has 8 nitrogen and oxygen atoms in total. The third-order valence-corrected chi connectivity index (χ3v) is 7.61. The first kappa shape index (κ1) is 30.1. The number of nitrogens with zero attached hydrogens (tertiary/aromatic N) is 1. The first-order valence-corrected chi connectivity index (χ1v) is 13.9. The van der Waals surface area contributed by atoms with Crippen LogP contribution in [0.25, 0.3) is 0 Å². The Hall–Kier alpha value is -2.48. The van der Waals surface area contributed by atoms with Crippen LogP contribution in [-0.4, -0.2) is 62.1 Å². The van der Waals surface area contributed by atoms with Gasteiger partial charge in [-0.25, -0.2) is 4.79 Å². The summed E-state index contributed by atoms with van der Waals surface area (Å²) in [6, 6.07) is 5.33. The van der Waals surface area contributed by atoms with Crippen molar-refractivity contribution in [2.45, 2.75) is 91.5 Å². The number of likely N-dealkylation sites (tertiary alicyclic amines) is 1. The molecule has 1 aromatic rings. The number of ether oxygens (including phenoxy) is 5. The van der Waals surface area contributed by atoms with Gasteiger partial charge in [-0.15, -0.1) is 0 Å². The van der Waals surface area contributed by atoms with Crippen LogP contribution >= 0.6 is 0 Å². The summed E-state index contributed by atoms with van der Waals surface area (Å²) in [5.41, 5.74) is 0.286. The number of carbonyl (C=O) groups excluding carboxylic acids is 2. The van der Waals surface area contributed by atoms with Gasteiger partial charge in [0.1, 0.15) is 11.7 Å². The van der Waals surface area contributed by atoms with Gasteiger partial charge in [-0.1, -0.05) is 33.8 Å². The molecule has 0 saturated carbocycles. The zero-order valence-electron chi connectivity index (χ0n) is 24.6. The van der Waals surface area contributed by atoms with Gasteiger partial charge in [0.2, 0.25) is 0 Å². The van der Waals surface area contributed by atoms with E-state index in [0.29, 0.717) is 31.1 Å². The van der Waals surface area contributed by atoms with Crippen LogP contribution in [-0.2, 0) is 19.0 Å². The van der Waals surface area contributed by atoms with Gasteiger partial charge in [0.25, 0.3) is 0 Å². The molecule has 5 atom stereocenters. The molecule has 2 aliphatic heterocycles. The van der Waals surface area contributed by atoms with E-state index in [0.717, 1.165) is 18.4 Å². The average Bonchev–Trinajstić information content (AvgIpc) is 3.42. The Morgan fingerprint density at radius 1 is 1.05 bits per heavy atom. The standard InChI is InChI=1S/C30H47NO7/c1-18(2)21-16-23(25-17-22(19(3)4)28(32)37-25)31(29(33)38-30(5,6)7)27(21)20-11-12-24(35-9)26(15-20)36-14-10-13-34-8/h11-12,15,18-19,21-23,25,27H,10,13-14,16-17H2,1-9H3/t21-,22-,23?,25+,27-/m0/s1. The molecule has 214 valence electrons. The Morgan fingerprint density at radius 2 is 1.76 bits per heavy atom. The van der Waals surface area contributed by atoms with Crippen molar-refractivity contribution in [1.29, 1.82) is 0 Å². The van der Waals surface area contributed by atoms with Gasteiger partial charge in [0, 0.05) is 20.1 Å². The lowest BCUT2D eigenvalue weighted by atomic mass is 9.83. The van der Waals surface area contributed by atoms with E-state index in [4.69, 9.17) is 23.7 Å². The van der Waals surface area contributed by atoms with Crippen LogP contribution in [0, 0.1) is 23.7 Å². The van der Waals surface area contributed by atoms with Crippen molar-refractivity contribution in [2.24, 2.45) is 23.7 Å². The summed E-state index contributed by atoms with van der Waals surface area (Å²) < 4.78 is 28.7. The second-order valence-corrected chi connectivity index (χ2v) is 12.2. The number of esters is 1. The number of methoxy groups -OCH3 is 2. The van der Waals surface area contributed by atoms with Gasteiger partial charge in [0.15, 0.2) is 11.5 Å². The lowest BCUT2D eigenvalue weighted by Gasteiger charge is -2.36. The minimum atomic E-state index is -0.662. The summed E-state index contributed by atoms with van der Waals surface area (Å²) in [4.78, 5) is 28.4. The molecule has 0 bridgehead atoms. The Bertz CT molecular complexity index is 954. The largest absolute Gasteiger partial charge is 0.493 e. The quantitative estimate of drug-likeness (QED) is 0.269. The fourth-order valence-electron chi connectivity index (χ4n) is 5.66. The van der Waals surface area contributed by atoms with Crippen LogP contribution in [0.15, 0.2) is 18.2 Å². The first-order chi connectivity index (χ1) is 17.9. The minimum absolute atomic E-state index is 0.138. The van der Waals surface area contributed by atoms with Crippen molar-refractivity contribution in [3.8, 4) is 11.5 Å². The highest BCUT2D eigenvalue weighted by Gasteiger charge is 2.53. The number of hydrogen-bond donors (Lipinski definition) is 0. The fourth-order valence-corrected chi connectivity index (χ4v) is 5.66. The molecule has 0 spiro atoms. The van der Waals surface area contributed by atoms with E-state index in [1.54, 1.807) is 14.2 Å². The number of rotatable bonds is 10. The van der Waals surface area contributed by atoms with Crippen LogP contribution in [0.5, 0.6) is 11.5 Å². The second kappa shape index (κ2) is 12.6. The highest BCUT2D eigenvalue weighted by atomic mass is 16.6. The van der Waals surface area contributed by atoms with E-state index >= 15 is 0 Å². The van der Waals surface area contributed by atoms with Gasteiger partial charge in [-0.3, -0.25) is 9.69 Å². The van der Waals surface area contributed by atoms with E-state index in [1.165, 1.54) is 0 Å². The molecule has 3 rings (SSSR count). The Balaban J connectivity index is 2.03. The van der Waals surface area contributed by atoms with Gasteiger partial charge < -0.3 is 23.7 Å². The van der Waals surface area contributed by atoms with E-state index in [9.17, 15) is 9.59 Å². The van der Waals surface area contributed by atoms with Gasteiger partial charge >= 0.3 is 12.1 Å². The van der Waals surface area contributed by atoms with Crippen molar-refractivity contribution in [3.63, 3.8) is 0 Å². The Morgan fingerprint density at radius 3 is 2.32 bits per heavy atom. The fraction of sp³-hybridized carbons (Fsp3) is 0.733. The van der Waals surface area contributed by atoms with Crippen LogP contribution in [0.4, 0.5) is 4.79 Å². The number of hydrogen-bond acceptors (Lipinski definition) is 7. The number of amides is 1. The summed E-state index contributed by atoms with van der Waals surface area (Å²) in [5.74, 6) is 1.53. The predicted molar refractivity (Wildman–Crippen MR) is 145 cm³/mol. The molecule has 0 aromatic heterocycles. The van der Waals surface area contributed by atoms with Crippen LogP contribution in [0.3, 0.4) is 0 Å². The third kappa shape index (κ3) is 6.93. The Kier molecular flexibility index (Phi) is 9.96. The highest BCUT2D eigenvalue weighted by molar-refractivity contribution is 5.75. The summed E-state index contributed by atoms with van der Waals surface area (Å²) in [7, 11) is 3.28. The number of benzene rings is 1. The maximum absolute atomic E-state index is 13.8. The minimum Gasteiger partial charge on any atom is -0.493 e. The molecule has 1 unspecified atom stereocenters. The SMILES string of the molecule is COCCCOc1cc([C@H]2[C@H](C(C)C)CC([C@H]3C[C@@H](C(C)C)C(=O)O3)N2C(=O)OC(C)(C)C)ccc1OC. The second-order valence-electron chi connectivity index (χ2n) is 12.2. The molecule has 0 aliphatic carbocycles. The number of carbonyl (C=O) groups is 2. The summed E-state index contributed by atoms with van der Waals surface area (Å²) in [6.07, 6.45) is 1.32. The molecular weight excluding hydrogens is 486 g/mol. The summed E-state index contributed by atoms with van der Waals surface area (Å²) in [5, 5.41) is 0. The molecule has 0 N–H and O–H groups in total. The van der Waals surface area contributed by atoms with Gasteiger partial charge in [0.05, 0.1) is 31.7 Å². The van der Waals surface area contributed by atoms with Gasteiger partial charge in [-0.2, -0.15) is 0 Å². The molecule has 2 heterocycles. The van der Waals surface area contributed by atoms with Crippen LogP contribution < -0.4 is 9.47 Å². The van der Waals surface area contributed by atoms with Crippen LogP contribution in [0.2, 0.25) is 0 Å². The molecular formula is C30H47NO7. The molecule has 2 fully saturated rings. The number of cyclic esters (lactones) is 1. The molecule has 38 heavy (non-hydrogen) atoms. The van der Waals surface area contributed by atoms with Gasteiger partial charge in [-0.05, 0) is 69.1 Å². The predicted octanol–water partition coefficient (Wildman–Crippen LogP) is 6.02. The van der Waals surface area contributed by atoms with Crippen molar-refractivity contribution in [3.05, 3.63) is 23.8 Å². The average molecular weight is 534 g/mol.